The number of piperazine rings is 1. The van der Waals surface area contributed by atoms with Gasteiger partial charge in [0.05, 0.1) is 11.7 Å². The molecular weight excluding hydrogens is 504 g/mol. The van der Waals surface area contributed by atoms with E-state index in [9.17, 15) is 4.79 Å². The number of hydrogen-bond donors (Lipinski definition) is 0. The summed E-state index contributed by atoms with van der Waals surface area (Å²) in [5.74, 6) is 0.358. The fraction of sp³-hybridized carbons (Fsp3) is 0.424. The lowest BCUT2D eigenvalue weighted by molar-refractivity contribution is 0.104. The molecule has 1 unspecified atom stereocenters. The van der Waals surface area contributed by atoms with Crippen molar-refractivity contribution in [1.29, 1.82) is 0 Å². The van der Waals surface area contributed by atoms with Crippen molar-refractivity contribution in [3.05, 3.63) is 110 Å². The van der Waals surface area contributed by atoms with E-state index >= 15 is 0 Å². The Hall–Kier alpha value is -2.70. The van der Waals surface area contributed by atoms with E-state index in [1.807, 2.05) is 19.2 Å². The van der Waals surface area contributed by atoms with Crippen LogP contribution in [-0.2, 0) is 6.54 Å². The van der Waals surface area contributed by atoms with Crippen molar-refractivity contribution in [3.63, 3.8) is 0 Å². The molecule has 0 saturated carbocycles. The molecule has 1 aliphatic rings. The van der Waals surface area contributed by atoms with Crippen LogP contribution in [-0.4, -0.2) is 75.1 Å². The number of halogens is 1. The highest BCUT2D eigenvalue weighted by molar-refractivity contribution is 6.30. The molecule has 1 fully saturated rings. The Morgan fingerprint density at radius 2 is 1.41 bits per heavy atom. The second kappa shape index (κ2) is 13.6. The van der Waals surface area contributed by atoms with Gasteiger partial charge in [-0.2, -0.15) is 0 Å². The fourth-order valence-electron chi connectivity index (χ4n) is 5.26. The highest BCUT2D eigenvalue weighted by Crippen LogP contribution is 2.30. The van der Waals surface area contributed by atoms with E-state index < -0.39 is 0 Å². The average molecular weight is 547 g/mol. The van der Waals surface area contributed by atoms with Gasteiger partial charge in [0.15, 0.2) is 0 Å². The smallest absolute Gasteiger partial charge is 0.206 e. The third-order valence-electron chi connectivity index (χ3n) is 7.73. The van der Waals surface area contributed by atoms with Crippen LogP contribution in [0.1, 0.15) is 48.1 Å². The summed E-state index contributed by atoms with van der Waals surface area (Å²) in [6.45, 7) is 10.5. The minimum Gasteiger partial charge on any atom is -0.370 e. The van der Waals surface area contributed by atoms with Gasteiger partial charge >= 0.3 is 0 Å². The molecule has 0 N–H and O–H groups in total. The normalized spacial score (nSPS) is 15.6. The van der Waals surface area contributed by atoms with Gasteiger partial charge in [0, 0.05) is 63.4 Å². The first-order valence-electron chi connectivity index (χ1n) is 14.0. The molecule has 0 aliphatic carbocycles. The molecule has 0 amide bonds. The van der Waals surface area contributed by atoms with Gasteiger partial charge in [0.2, 0.25) is 5.43 Å². The van der Waals surface area contributed by atoms with Crippen LogP contribution >= 0.6 is 11.6 Å². The van der Waals surface area contributed by atoms with Gasteiger partial charge < -0.3 is 9.80 Å². The molecule has 1 atom stereocenters. The Morgan fingerprint density at radius 1 is 0.795 bits per heavy atom. The van der Waals surface area contributed by atoms with E-state index in [4.69, 9.17) is 11.6 Å². The first-order valence-corrected chi connectivity index (χ1v) is 14.4. The maximum absolute atomic E-state index is 13.8. The highest BCUT2D eigenvalue weighted by atomic mass is 35.5. The third-order valence-corrected chi connectivity index (χ3v) is 7.98. The zero-order chi connectivity index (χ0) is 27.9. The maximum Gasteiger partial charge on any atom is 0.206 e. The van der Waals surface area contributed by atoms with Gasteiger partial charge in [0.25, 0.3) is 0 Å². The summed E-state index contributed by atoms with van der Waals surface area (Å²) in [5, 5.41) is 0.757. The summed E-state index contributed by atoms with van der Waals surface area (Å²) in [6.07, 6.45) is 0. The van der Waals surface area contributed by atoms with Crippen LogP contribution in [0.2, 0.25) is 5.02 Å². The molecule has 0 aromatic heterocycles. The van der Waals surface area contributed by atoms with Crippen molar-refractivity contribution in [3.8, 4) is 0 Å². The van der Waals surface area contributed by atoms with Gasteiger partial charge in [-0.3, -0.25) is 14.6 Å². The predicted molar refractivity (Wildman–Crippen MR) is 165 cm³/mol. The molecule has 4 rings (SSSR count). The SMILES string of the molecule is CC(C)c1ccc(CN2CCN(C(c3ccccc3)c3ccc(Cl)cc3)CC2)c(=O)c(N(C)CCN(C)C)c1. The number of likely N-dealkylation sites (N-methyl/N-ethyl adjacent to an activating group) is 2. The van der Waals surface area contributed by atoms with Crippen LogP contribution in [0.4, 0.5) is 5.69 Å². The Kier molecular flexibility index (Phi) is 10.2. The summed E-state index contributed by atoms with van der Waals surface area (Å²) in [4.78, 5) is 23.0. The quantitative estimate of drug-likeness (QED) is 0.324. The fourth-order valence-corrected chi connectivity index (χ4v) is 5.39. The summed E-state index contributed by atoms with van der Waals surface area (Å²) in [6, 6.07) is 25.4. The molecule has 0 spiro atoms. The molecule has 5 nitrogen and oxygen atoms in total. The Bertz CT molecular complexity index is 1250. The monoisotopic (exact) mass is 546 g/mol. The molecule has 1 aliphatic heterocycles. The van der Waals surface area contributed by atoms with Crippen LogP contribution in [0.5, 0.6) is 0 Å². The Balaban J connectivity index is 1.53. The van der Waals surface area contributed by atoms with Crippen molar-refractivity contribution in [2.24, 2.45) is 0 Å². The molecule has 6 heteroatoms. The van der Waals surface area contributed by atoms with Crippen molar-refractivity contribution in [1.82, 2.24) is 14.7 Å². The van der Waals surface area contributed by atoms with Crippen LogP contribution in [0, 0.1) is 0 Å². The molecule has 0 bridgehead atoms. The van der Waals surface area contributed by atoms with Gasteiger partial charge in [0.1, 0.15) is 0 Å². The molecule has 1 saturated heterocycles. The summed E-state index contributed by atoms with van der Waals surface area (Å²) < 4.78 is 0. The lowest BCUT2D eigenvalue weighted by Crippen LogP contribution is -2.47. The predicted octanol–water partition coefficient (Wildman–Crippen LogP) is 5.73. The van der Waals surface area contributed by atoms with Crippen LogP contribution in [0.3, 0.4) is 0 Å². The van der Waals surface area contributed by atoms with Crippen LogP contribution < -0.4 is 10.3 Å². The molecule has 39 heavy (non-hydrogen) atoms. The first kappa shape index (κ1) is 29.3. The summed E-state index contributed by atoms with van der Waals surface area (Å²) >= 11 is 6.20. The van der Waals surface area contributed by atoms with Crippen molar-refractivity contribution < 1.29 is 0 Å². The lowest BCUT2D eigenvalue weighted by Gasteiger charge is -2.39. The second-order valence-electron chi connectivity index (χ2n) is 11.3. The zero-order valence-corrected chi connectivity index (χ0v) is 24.9. The Labute approximate surface area is 239 Å². The highest BCUT2D eigenvalue weighted by Gasteiger charge is 2.27. The minimum absolute atomic E-state index is 0.147. The van der Waals surface area contributed by atoms with Crippen LogP contribution in [0.15, 0.2) is 77.6 Å². The lowest BCUT2D eigenvalue weighted by atomic mass is 9.96. The summed E-state index contributed by atoms with van der Waals surface area (Å²) in [5.41, 5.74) is 5.56. The zero-order valence-electron chi connectivity index (χ0n) is 24.1. The van der Waals surface area contributed by atoms with Gasteiger partial charge in [-0.15, -0.1) is 0 Å². The first-order chi connectivity index (χ1) is 18.7. The molecule has 208 valence electrons. The van der Waals surface area contributed by atoms with E-state index in [-0.39, 0.29) is 11.5 Å². The largest absolute Gasteiger partial charge is 0.370 e. The average Bonchev–Trinajstić information content (AvgIpc) is 3.09. The third kappa shape index (κ3) is 7.70. The van der Waals surface area contributed by atoms with E-state index in [2.05, 4.69) is 108 Å². The van der Waals surface area contributed by atoms with Crippen LogP contribution in [0.25, 0.3) is 0 Å². The Morgan fingerprint density at radius 3 is 2.03 bits per heavy atom. The van der Waals surface area contributed by atoms with Crippen molar-refractivity contribution >= 4 is 17.3 Å². The number of hydrogen-bond acceptors (Lipinski definition) is 5. The van der Waals surface area contributed by atoms with E-state index in [1.165, 1.54) is 16.7 Å². The van der Waals surface area contributed by atoms with Crippen molar-refractivity contribution in [2.75, 3.05) is 65.3 Å². The van der Waals surface area contributed by atoms with E-state index in [1.54, 1.807) is 0 Å². The standard InChI is InChI=1S/C33H43ClN4O/c1-25(2)28-11-12-29(33(39)31(23-28)36(5)18-17-35(3)4)24-37-19-21-38(22-20-37)32(26-9-7-6-8-10-26)27-13-15-30(34)16-14-27/h6-16,23,25,32H,17-22,24H2,1-5H3. The molecule has 1 heterocycles. The van der Waals surface area contributed by atoms with Gasteiger partial charge in [-0.25, -0.2) is 0 Å². The van der Waals surface area contributed by atoms with E-state index in [0.29, 0.717) is 12.5 Å². The van der Waals surface area contributed by atoms with Gasteiger partial charge in [-0.05, 0) is 54.9 Å². The number of rotatable bonds is 10. The minimum atomic E-state index is 0.147. The van der Waals surface area contributed by atoms with E-state index in [0.717, 1.165) is 55.5 Å². The second-order valence-corrected chi connectivity index (χ2v) is 11.7. The number of anilines is 1. The molecule has 3 aromatic rings. The molecule has 0 radical (unpaired) electrons. The maximum atomic E-state index is 13.8. The number of nitrogens with zero attached hydrogens (tertiary/aromatic N) is 4. The van der Waals surface area contributed by atoms with Gasteiger partial charge in [-0.1, -0.05) is 80.0 Å². The van der Waals surface area contributed by atoms with Crippen molar-refractivity contribution in [2.45, 2.75) is 32.4 Å². The number of benzene rings is 2. The molecule has 3 aromatic carbocycles. The molecular formula is C33H43ClN4O. The summed E-state index contributed by atoms with van der Waals surface area (Å²) in [7, 11) is 6.17. The topological polar surface area (TPSA) is 30.0 Å².